The zero-order valence-electron chi connectivity index (χ0n) is 14.8. The average Bonchev–Trinajstić information content (AvgIpc) is 3.10. The number of rotatable bonds is 10. The predicted octanol–water partition coefficient (Wildman–Crippen LogP) is 1.06. The summed E-state index contributed by atoms with van der Waals surface area (Å²) >= 11 is 0. The van der Waals surface area contributed by atoms with E-state index in [4.69, 9.17) is 15.5 Å². The van der Waals surface area contributed by atoms with E-state index < -0.39 is 0 Å². The van der Waals surface area contributed by atoms with Crippen molar-refractivity contribution in [2.75, 3.05) is 43.6 Å². The fraction of sp³-hybridized carbons (Fsp3) is 0.353. The molecule has 0 aliphatic rings. The third-order valence-corrected chi connectivity index (χ3v) is 4.64. The van der Waals surface area contributed by atoms with Gasteiger partial charge in [-0.25, -0.2) is 4.98 Å². The maximum atomic E-state index is 5.43. The van der Waals surface area contributed by atoms with Crippen molar-refractivity contribution >= 4 is 31.2 Å². The Kier molecular flexibility index (Phi) is 6.71. The first kappa shape index (κ1) is 18.5. The van der Waals surface area contributed by atoms with Gasteiger partial charge in [-0.1, -0.05) is 14.6 Å². The van der Waals surface area contributed by atoms with Crippen LogP contribution in [0.3, 0.4) is 0 Å². The van der Waals surface area contributed by atoms with Gasteiger partial charge in [0, 0.05) is 43.4 Å². The summed E-state index contributed by atoms with van der Waals surface area (Å²) in [6.07, 6.45) is 5.50. The van der Waals surface area contributed by atoms with E-state index >= 15 is 0 Å². The van der Waals surface area contributed by atoms with Crippen molar-refractivity contribution in [3.8, 4) is 0 Å². The molecule has 0 radical (unpaired) electrons. The zero-order valence-corrected chi connectivity index (χ0v) is 15.8. The van der Waals surface area contributed by atoms with Gasteiger partial charge in [-0.3, -0.25) is 4.98 Å². The van der Waals surface area contributed by atoms with E-state index in [2.05, 4.69) is 27.4 Å². The summed E-state index contributed by atoms with van der Waals surface area (Å²) in [5, 5.41) is 12.4. The minimum absolute atomic E-state index is 0.531. The van der Waals surface area contributed by atoms with Crippen LogP contribution in [0.15, 0.2) is 36.8 Å². The summed E-state index contributed by atoms with van der Waals surface area (Å²) in [5.74, 6) is 1.68. The van der Waals surface area contributed by atoms with E-state index in [1.165, 1.54) is 0 Å². The molecule has 3 aromatic heterocycles. The molecule has 9 heteroatoms. The summed E-state index contributed by atoms with van der Waals surface area (Å²) in [6.45, 7) is 5.14. The number of pyridine rings is 1. The first-order valence-electron chi connectivity index (χ1n) is 8.53. The van der Waals surface area contributed by atoms with Gasteiger partial charge in [-0.2, -0.15) is 9.61 Å². The van der Waals surface area contributed by atoms with E-state index in [0.29, 0.717) is 41.4 Å². The van der Waals surface area contributed by atoms with Crippen LogP contribution in [-0.4, -0.2) is 52.6 Å². The number of nitrogens with zero attached hydrogens (tertiary/aromatic N) is 4. The highest BCUT2D eigenvalue weighted by Crippen LogP contribution is 2.18. The molecule has 138 valence electrons. The van der Waals surface area contributed by atoms with Crippen LogP contribution in [0, 0.1) is 0 Å². The van der Waals surface area contributed by atoms with Crippen LogP contribution < -0.4 is 21.7 Å². The van der Waals surface area contributed by atoms with Gasteiger partial charge in [0.05, 0.1) is 19.4 Å². The molecule has 0 saturated heterocycles. The quantitative estimate of drug-likeness (QED) is 0.361. The predicted molar refractivity (Wildman–Crippen MR) is 107 cm³/mol. The molecule has 0 fully saturated rings. The lowest BCUT2D eigenvalue weighted by Gasteiger charge is -2.12. The lowest BCUT2D eigenvalue weighted by Crippen LogP contribution is -2.16. The summed E-state index contributed by atoms with van der Waals surface area (Å²) in [7, 11) is 0.628. The van der Waals surface area contributed by atoms with E-state index in [9.17, 15) is 0 Å². The van der Waals surface area contributed by atoms with Crippen LogP contribution in [-0.2, 0) is 11.3 Å². The third-order valence-electron chi connectivity index (χ3n) is 3.75. The Morgan fingerprint density at radius 1 is 1.27 bits per heavy atom. The minimum Gasteiger partial charge on any atom is -0.378 e. The number of nitrogens with two attached hydrogens (primary N) is 1. The maximum absolute atomic E-state index is 5.43. The Morgan fingerprint density at radius 3 is 2.96 bits per heavy atom. The second kappa shape index (κ2) is 9.43. The number of aromatic nitrogens is 4. The van der Waals surface area contributed by atoms with Gasteiger partial charge in [0.25, 0.3) is 0 Å². The highest BCUT2D eigenvalue weighted by atomic mass is 31.1. The number of nitrogens with one attached hydrogen (secondary N) is 2. The molecule has 0 aliphatic heterocycles. The van der Waals surface area contributed by atoms with Crippen molar-refractivity contribution in [1.82, 2.24) is 19.6 Å². The van der Waals surface area contributed by atoms with Gasteiger partial charge in [0.2, 0.25) is 0 Å². The number of hydrogen-bond donors (Lipinski definition) is 3. The fourth-order valence-electron chi connectivity index (χ4n) is 2.49. The molecule has 0 saturated carbocycles. The molecule has 1 unspecified atom stereocenters. The number of ether oxygens (including phenoxy) is 1. The van der Waals surface area contributed by atoms with E-state index in [0.717, 1.165) is 28.2 Å². The molecule has 0 aliphatic carbocycles. The van der Waals surface area contributed by atoms with Gasteiger partial charge in [-0.05, 0) is 18.3 Å². The molecule has 1 atom stereocenters. The fourth-order valence-corrected chi connectivity index (χ4v) is 3.06. The van der Waals surface area contributed by atoms with Crippen LogP contribution in [0.2, 0.25) is 0 Å². The molecular weight excluding hydrogens is 349 g/mol. The lowest BCUT2D eigenvalue weighted by molar-refractivity contribution is 0.151. The van der Waals surface area contributed by atoms with Gasteiger partial charge in [0.1, 0.15) is 11.6 Å². The first-order chi connectivity index (χ1) is 12.8. The second-order valence-corrected chi connectivity index (χ2v) is 6.65. The molecular formula is C17H24N7OP. The molecule has 8 nitrogen and oxygen atoms in total. The lowest BCUT2D eigenvalue weighted by atomic mass is 10.3. The molecule has 0 bridgehead atoms. The Balaban J connectivity index is 1.77. The van der Waals surface area contributed by atoms with E-state index in [1.807, 2.05) is 35.1 Å². The number of anilines is 2. The number of hydrogen-bond acceptors (Lipinski definition) is 7. The van der Waals surface area contributed by atoms with E-state index in [-0.39, 0.29) is 0 Å². The second-order valence-electron chi connectivity index (χ2n) is 5.61. The molecule has 3 rings (SSSR count). The summed E-state index contributed by atoms with van der Waals surface area (Å²) in [5.41, 5.74) is 7.40. The van der Waals surface area contributed by atoms with Crippen LogP contribution in [0.1, 0.15) is 5.56 Å². The SMILES string of the molecule is CPc1cnn2c(NCc3cccnc3)cc(NCCOCCN)nc12. The Labute approximate surface area is 154 Å². The Bertz CT molecular complexity index is 825. The maximum Gasteiger partial charge on any atom is 0.167 e. The van der Waals surface area contributed by atoms with Crippen molar-refractivity contribution in [3.63, 3.8) is 0 Å². The highest BCUT2D eigenvalue weighted by Gasteiger charge is 2.10. The third kappa shape index (κ3) is 4.66. The van der Waals surface area contributed by atoms with Crippen LogP contribution in [0.4, 0.5) is 11.6 Å². The highest BCUT2D eigenvalue weighted by molar-refractivity contribution is 7.46. The van der Waals surface area contributed by atoms with Crippen molar-refractivity contribution in [2.45, 2.75) is 6.54 Å². The summed E-state index contributed by atoms with van der Waals surface area (Å²) in [4.78, 5) is 8.85. The van der Waals surface area contributed by atoms with Gasteiger partial charge in [0.15, 0.2) is 5.65 Å². The standard InChI is InChI=1S/C17H24N7OP/c1-26-14-12-22-24-16(21-11-13-3-2-5-19-10-13)9-15(23-17(14)24)20-6-8-25-7-4-18/h2-3,5,9-10,12,21,26H,4,6-8,11,18H2,1H3,(H,20,23). The molecule has 3 heterocycles. The first-order valence-corrected chi connectivity index (χ1v) is 10.0. The Morgan fingerprint density at radius 2 is 2.19 bits per heavy atom. The smallest absolute Gasteiger partial charge is 0.167 e. The number of fused-ring (bicyclic) bond motifs is 1. The topological polar surface area (TPSA) is 102 Å². The van der Waals surface area contributed by atoms with E-state index in [1.54, 1.807) is 6.20 Å². The molecule has 0 spiro atoms. The van der Waals surface area contributed by atoms with Crippen molar-refractivity contribution < 1.29 is 4.74 Å². The van der Waals surface area contributed by atoms with Crippen molar-refractivity contribution in [3.05, 3.63) is 42.4 Å². The molecule has 3 aromatic rings. The monoisotopic (exact) mass is 373 g/mol. The van der Waals surface area contributed by atoms with Crippen LogP contribution in [0.25, 0.3) is 5.65 Å². The summed E-state index contributed by atoms with van der Waals surface area (Å²) in [6, 6.07) is 5.92. The Hall–Kier alpha value is -2.28. The molecule has 26 heavy (non-hydrogen) atoms. The molecule has 4 N–H and O–H groups in total. The van der Waals surface area contributed by atoms with Crippen molar-refractivity contribution in [1.29, 1.82) is 0 Å². The minimum atomic E-state index is 0.531. The zero-order chi connectivity index (χ0) is 18.2. The largest absolute Gasteiger partial charge is 0.378 e. The normalized spacial score (nSPS) is 11.5. The van der Waals surface area contributed by atoms with Gasteiger partial charge >= 0.3 is 0 Å². The summed E-state index contributed by atoms with van der Waals surface area (Å²) < 4.78 is 7.25. The van der Waals surface area contributed by atoms with Crippen molar-refractivity contribution in [2.24, 2.45) is 5.73 Å². The van der Waals surface area contributed by atoms with Crippen LogP contribution >= 0.6 is 8.58 Å². The average molecular weight is 373 g/mol. The van der Waals surface area contributed by atoms with Crippen LogP contribution in [0.5, 0.6) is 0 Å². The van der Waals surface area contributed by atoms with Gasteiger partial charge in [-0.15, -0.1) is 0 Å². The molecule has 0 amide bonds. The van der Waals surface area contributed by atoms with Gasteiger partial charge < -0.3 is 21.1 Å². The molecule has 0 aromatic carbocycles.